The quantitative estimate of drug-likeness (QED) is 0.803. The van der Waals surface area contributed by atoms with Crippen LogP contribution < -0.4 is 5.32 Å². The molecule has 3 aromatic rings. The number of aryl methyl sites for hydroxylation is 2. The summed E-state index contributed by atoms with van der Waals surface area (Å²) >= 11 is 1.42. The zero-order chi connectivity index (χ0) is 14.1. The van der Waals surface area contributed by atoms with Crippen molar-refractivity contribution in [2.45, 2.75) is 20.3 Å². The predicted molar refractivity (Wildman–Crippen MR) is 77.9 cm³/mol. The van der Waals surface area contributed by atoms with Gasteiger partial charge in [-0.15, -0.1) is 11.3 Å². The van der Waals surface area contributed by atoms with Gasteiger partial charge in [0, 0.05) is 12.3 Å². The third-order valence-electron chi connectivity index (χ3n) is 2.79. The maximum atomic E-state index is 11.9. The minimum absolute atomic E-state index is 0.0880. The van der Waals surface area contributed by atoms with Crippen LogP contribution in [0.4, 0.5) is 5.13 Å². The van der Waals surface area contributed by atoms with Gasteiger partial charge in [-0.3, -0.25) is 4.79 Å². The molecule has 2 heterocycles. The number of thiazole rings is 1. The van der Waals surface area contributed by atoms with Gasteiger partial charge in [-0.05, 0) is 24.6 Å². The number of nitrogens with one attached hydrogen (secondary N) is 1. The molecule has 0 aliphatic rings. The van der Waals surface area contributed by atoms with Crippen molar-refractivity contribution in [3.05, 3.63) is 40.7 Å². The summed E-state index contributed by atoms with van der Waals surface area (Å²) in [5.41, 5.74) is 3.31. The summed E-state index contributed by atoms with van der Waals surface area (Å²) in [7, 11) is 0. The Balaban J connectivity index is 1.73. The van der Waals surface area contributed by atoms with E-state index in [2.05, 4.69) is 15.3 Å². The SMILES string of the molecule is Cc1csc(NC(=O)Cc2ccc3nc(C)oc3c2)n1. The number of carbonyl (C=O) groups is 1. The highest BCUT2D eigenvalue weighted by atomic mass is 32.1. The van der Waals surface area contributed by atoms with E-state index in [-0.39, 0.29) is 12.3 Å². The Hall–Kier alpha value is -2.21. The number of carbonyl (C=O) groups excluding carboxylic acids is 1. The van der Waals surface area contributed by atoms with Crippen LogP contribution in [-0.4, -0.2) is 15.9 Å². The van der Waals surface area contributed by atoms with Crippen molar-refractivity contribution in [2.75, 3.05) is 5.32 Å². The molecule has 0 bridgehead atoms. The molecule has 0 fully saturated rings. The number of hydrogen-bond acceptors (Lipinski definition) is 5. The van der Waals surface area contributed by atoms with Crippen molar-refractivity contribution >= 4 is 33.5 Å². The minimum atomic E-state index is -0.0880. The van der Waals surface area contributed by atoms with Crippen LogP contribution in [0.2, 0.25) is 0 Å². The fourth-order valence-electron chi connectivity index (χ4n) is 1.95. The van der Waals surface area contributed by atoms with E-state index in [1.165, 1.54) is 11.3 Å². The van der Waals surface area contributed by atoms with Crippen molar-refractivity contribution < 1.29 is 9.21 Å². The Labute approximate surface area is 119 Å². The van der Waals surface area contributed by atoms with Crippen molar-refractivity contribution in [1.82, 2.24) is 9.97 Å². The van der Waals surface area contributed by atoms with Gasteiger partial charge in [-0.1, -0.05) is 6.07 Å². The first kappa shape index (κ1) is 12.8. The van der Waals surface area contributed by atoms with Crippen LogP contribution in [0.15, 0.2) is 28.0 Å². The van der Waals surface area contributed by atoms with E-state index < -0.39 is 0 Å². The smallest absolute Gasteiger partial charge is 0.230 e. The van der Waals surface area contributed by atoms with E-state index in [1.54, 1.807) is 6.92 Å². The fraction of sp³-hybridized carbons (Fsp3) is 0.214. The Bertz CT molecular complexity index is 776. The molecule has 0 aliphatic carbocycles. The Kier molecular flexibility index (Phi) is 3.23. The summed E-state index contributed by atoms with van der Waals surface area (Å²) in [6.45, 7) is 3.70. The van der Waals surface area contributed by atoms with Gasteiger partial charge in [0.2, 0.25) is 5.91 Å². The van der Waals surface area contributed by atoms with Crippen LogP contribution in [0.1, 0.15) is 17.1 Å². The first-order valence-corrected chi connectivity index (χ1v) is 7.06. The number of amides is 1. The van der Waals surface area contributed by atoms with Crippen LogP contribution in [0.25, 0.3) is 11.1 Å². The molecule has 1 amide bonds. The predicted octanol–water partition coefficient (Wildman–Crippen LogP) is 3.08. The van der Waals surface area contributed by atoms with Gasteiger partial charge >= 0.3 is 0 Å². The highest BCUT2D eigenvalue weighted by molar-refractivity contribution is 7.13. The molecule has 0 spiro atoms. The van der Waals surface area contributed by atoms with Gasteiger partial charge in [0.1, 0.15) is 5.52 Å². The molecule has 2 aromatic heterocycles. The van der Waals surface area contributed by atoms with Gasteiger partial charge in [0.05, 0.1) is 12.1 Å². The van der Waals surface area contributed by atoms with E-state index >= 15 is 0 Å². The molecule has 3 rings (SSSR count). The molecule has 0 atom stereocenters. The van der Waals surface area contributed by atoms with Gasteiger partial charge in [0.25, 0.3) is 0 Å². The van der Waals surface area contributed by atoms with Crippen LogP contribution in [-0.2, 0) is 11.2 Å². The lowest BCUT2D eigenvalue weighted by molar-refractivity contribution is -0.115. The zero-order valence-corrected chi connectivity index (χ0v) is 12.0. The van der Waals surface area contributed by atoms with Crippen LogP contribution in [0.5, 0.6) is 0 Å². The van der Waals surface area contributed by atoms with Gasteiger partial charge in [-0.2, -0.15) is 0 Å². The summed E-state index contributed by atoms with van der Waals surface area (Å²) in [5.74, 6) is 0.537. The average Bonchev–Trinajstić information content (AvgIpc) is 2.93. The lowest BCUT2D eigenvalue weighted by atomic mass is 10.1. The Morgan fingerprint density at radius 2 is 2.20 bits per heavy atom. The first-order valence-electron chi connectivity index (χ1n) is 6.18. The van der Waals surface area contributed by atoms with Crippen molar-refractivity contribution in [3.63, 3.8) is 0 Å². The summed E-state index contributed by atoms with van der Waals surface area (Å²) in [6.07, 6.45) is 0.286. The normalized spacial score (nSPS) is 10.9. The molecule has 0 saturated heterocycles. The number of aromatic nitrogens is 2. The monoisotopic (exact) mass is 287 g/mol. The number of oxazole rings is 1. The van der Waals surface area contributed by atoms with E-state index in [1.807, 2.05) is 30.5 Å². The van der Waals surface area contributed by atoms with E-state index in [0.717, 1.165) is 16.8 Å². The summed E-state index contributed by atoms with van der Waals surface area (Å²) in [4.78, 5) is 20.4. The standard InChI is InChI=1S/C14H13N3O2S/c1-8-7-20-14(15-8)17-13(18)6-10-3-4-11-12(5-10)19-9(2)16-11/h3-5,7H,6H2,1-2H3,(H,15,17,18). The molecule has 0 aliphatic heterocycles. The van der Waals surface area contributed by atoms with Crippen LogP contribution >= 0.6 is 11.3 Å². The highest BCUT2D eigenvalue weighted by Gasteiger charge is 2.09. The summed E-state index contributed by atoms with van der Waals surface area (Å²) in [6, 6.07) is 5.60. The maximum Gasteiger partial charge on any atom is 0.230 e. The van der Waals surface area contributed by atoms with E-state index in [4.69, 9.17) is 4.42 Å². The van der Waals surface area contributed by atoms with Crippen LogP contribution in [0, 0.1) is 13.8 Å². The lowest BCUT2D eigenvalue weighted by Crippen LogP contribution is -2.14. The maximum absolute atomic E-state index is 11.9. The molecule has 0 saturated carbocycles. The van der Waals surface area contributed by atoms with Gasteiger partial charge in [0.15, 0.2) is 16.6 Å². The molecule has 1 aromatic carbocycles. The van der Waals surface area contributed by atoms with Crippen LogP contribution in [0.3, 0.4) is 0 Å². The number of nitrogens with zero attached hydrogens (tertiary/aromatic N) is 2. The molecule has 5 nitrogen and oxygen atoms in total. The summed E-state index contributed by atoms with van der Waals surface area (Å²) in [5, 5.41) is 5.32. The van der Waals surface area contributed by atoms with Crippen molar-refractivity contribution in [2.24, 2.45) is 0 Å². The lowest BCUT2D eigenvalue weighted by Gasteiger charge is -2.01. The van der Waals surface area contributed by atoms with E-state index in [0.29, 0.717) is 16.6 Å². The third-order valence-corrected chi connectivity index (χ3v) is 3.67. The Morgan fingerprint density at radius 1 is 1.35 bits per heavy atom. The highest BCUT2D eigenvalue weighted by Crippen LogP contribution is 2.18. The Morgan fingerprint density at radius 3 is 2.95 bits per heavy atom. The topological polar surface area (TPSA) is 68.0 Å². The molecule has 0 radical (unpaired) electrons. The molecule has 0 unspecified atom stereocenters. The van der Waals surface area contributed by atoms with Gasteiger partial charge < -0.3 is 9.73 Å². The van der Waals surface area contributed by atoms with Crippen molar-refractivity contribution in [3.8, 4) is 0 Å². The number of anilines is 1. The zero-order valence-electron chi connectivity index (χ0n) is 11.1. The average molecular weight is 287 g/mol. The molecule has 6 heteroatoms. The number of hydrogen-bond donors (Lipinski definition) is 1. The molecule has 102 valence electrons. The number of benzene rings is 1. The molecular weight excluding hydrogens is 274 g/mol. The molecule has 1 N–H and O–H groups in total. The molecule has 20 heavy (non-hydrogen) atoms. The molecular formula is C14H13N3O2S. The second kappa shape index (κ2) is 5.05. The number of fused-ring (bicyclic) bond motifs is 1. The third kappa shape index (κ3) is 2.70. The minimum Gasteiger partial charge on any atom is -0.441 e. The van der Waals surface area contributed by atoms with Gasteiger partial charge in [-0.25, -0.2) is 9.97 Å². The fourth-order valence-corrected chi connectivity index (χ4v) is 2.66. The van der Waals surface area contributed by atoms with Crippen molar-refractivity contribution in [1.29, 1.82) is 0 Å². The van der Waals surface area contributed by atoms with E-state index in [9.17, 15) is 4.79 Å². The second-order valence-electron chi connectivity index (χ2n) is 4.55. The largest absolute Gasteiger partial charge is 0.441 e. The second-order valence-corrected chi connectivity index (χ2v) is 5.41. The number of rotatable bonds is 3. The first-order chi connectivity index (χ1) is 9.60. The summed E-state index contributed by atoms with van der Waals surface area (Å²) < 4.78 is 5.46.